The molecule has 6 nitrogen and oxygen atoms in total. The molecular formula is C18H19F3N4O2. The molecule has 0 unspecified atom stereocenters. The van der Waals surface area contributed by atoms with E-state index in [0.29, 0.717) is 37.5 Å². The van der Waals surface area contributed by atoms with Gasteiger partial charge in [0.2, 0.25) is 0 Å². The first-order valence-corrected chi connectivity index (χ1v) is 8.39. The van der Waals surface area contributed by atoms with Gasteiger partial charge in [0, 0.05) is 37.8 Å². The minimum absolute atomic E-state index is 0.0663. The number of ether oxygens (including phenoxy) is 1. The highest BCUT2D eigenvalue weighted by Crippen LogP contribution is 2.30. The van der Waals surface area contributed by atoms with Crippen LogP contribution in [-0.2, 0) is 6.18 Å². The highest BCUT2D eigenvalue weighted by atomic mass is 19.4. The van der Waals surface area contributed by atoms with Crippen LogP contribution in [0.5, 0.6) is 5.75 Å². The lowest BCUT2D eigenvalue weighted by atomic mass is 10.1. The Morgan fingerprint density at radius 1 is 1.07 bits per heavy atom. The lowest BCUT2D eigenvalue weighted by Crippen LogP contribution is -2.49. The van der Waals surface area contributed by atoms with Crippen LogP contribution in [0.25, 0.3) is 0 Å². The van der Waals surface area contributed by atoms with Crippen molar-refractivity contribution in [3.63, 3.8) is 0 Å². The van der Waals surface area contributed by atoms with Gasteiger partial charge in [-0.25, -0.2) is 9.97 Å². The number of anilines is 1. The first kappa shape index (κ1) is 18.9. The Balaban J connectivity index is 1.68. The number of methoxy groups -OCH3 is 1. The zero-order chi connectivity index (χ0) is 19.6. The lowest BCUT2D eigenvalue weighted by Gasteiger charge is -2.35. The number of piperazine rings is 1. The van der Waals surface area contributed by atoms with Gasteiger partial charge in [0.25, 0.3) is 5.91 Å². The standard InChI is InChI=1S/C18H19F3N4O2/c1-12-22-15(18(19,20)21)11-16(23-12)24-7-9-25(10-8-24)17(26)13-3-5-14(27-2)6-4-13/h3-6,11H,7-10H2,1-2H3. The molecule has 144 valence electrons. The van der Waals surface area contributed by atoms with Crippen molar-refractivity contribution in [1.82, 2.24) is 14.9 Å². The predicted octanol–water partition coefficient (Wildman–Crippen LogP) is 2.77. The van der Waals surface area contributed by atoms with Crippen molar-refractivity contribution in [2.45, 2.75) is 13.1 Å². The third-order valence-corrected chi connectivity index (χ3v) is 4.34. The Morgan fingerprint density at radius 2 is 1.70 bits per heavy atom. The molecule has 1 aromatic carbocycles. The van der Waals surface area contributed by atoms with Gasteiger partial charge < -0.3 is 14.5 Å². The second-order valence-electron chi connectivity index (χ2n) is 6.16. The number of hydrogen-bond acceptors (Lipinski definition) is 5. The van der Waals surface area contributed by atoms with Crippen LogP contribution in [0.3, 0.4) is 0 Å². The summed E-state index contributed by atoms with van der Waals surface area (Å²) in [5.74, 6) is 0.839. The fraction of sp³-hybridized carbons (Fsp3) is 0.389. The molecule has 0 atom stereocenters. The number of hydrogen-bond donors (Lipinski definition) is 0. The number of halogens is 3. The van der Waals surface area contributed by atoms with Crippen LogP contribution < -0.4 is 9.64 Å². The predicted molar refractivity (Wildman–Crippen MR) is 92.9 cm³/mol. The van der Waals surface area contributed by atoms with E-state index < -0.39 is 11.9 Å². The van der Waals surface area contributed by atoms with Gasteiger partial charge in [0.15, 0.2) is 0 Å². The first-order chi connectivity index (χ1) is 12.8. The molecular weight excluding hydrogens is 361 g/mol. The fourth-order valence-electron chi connectivity index (χ4n) is 2.91. The SMILES string of the molecule is COc1ccc(C(=O)N2CCN(c3cc(C(F)(F)F)nc(C)n3)CC2)cc1. The second kappa shape index (κ2) is 7.42. The van der Waals surface area contributed by atoms with E-state index in [1.165, 1.54) is 6.92 Å². The van der Waals surface area contributed by atoms with E-state index in [1.807, 2.05) is 0 Å². The summed E-state index contributed by atoms with van der Waals surface area (Å²) in [7, 11) is 1.55. The third kappa shape index (κ3) is 4.29. The number of carbonyl (C=O) groups excluding carboxylic acids is 1. The van der Waals surface area contributed by atoms with E-state index in [1.54, 1.807) is 41.2 Å². The van der Waals surface area contributed by atoms with Crippen LogP contribution in [0, 0.1) is 6.92 Å². The van der Waals surface area contributed by atoms with Crippen LogP contribution >= 0.6 is 0 Å². The van der Waals surface area contributed by atoms with Crippen molar-refractivity contribution >= 4 is 11.7 Å². The topological polar surface area (TPSA) is 58.6 Å². The number of benzene rings is 1. The molecule has 0 saturated carbocycles. The summed E-state index contributed by atoms with van der Waals surface area (Å²) in [5, 5.41) is 0. The Hall–Kier alpha value is -2.84. The van der Waals surface area contributed by atoms with Gasteiger partial charge in [-0.05, 0) is 31.2 Å². The number of rotatable bonds is 3. The molecule has 27 heavy (non-hydrogen) atoms. The lowest BCUT2D eigenvalue weighted by molar-refractivity contribution is -0.141. The summed E-state index contributed by atoms with van der Waals surface area (Å²) in [6.45, 7) is 3.03. The van der Waals surface area contributed by atoms with E-state index in [2.05, 4.69) is 9.97 Å². The highest BCUT2D eigenvalue weighted by Gasteiger charge is 2.34. The average Bonchev–Trinajstić information content (AvgIpc) is 2.66. The monoisotopic (exact) mass is 380 g/mol. The summed E-state index contributed by atoms with van der Waals surface area (Å²) in [6, 6.07) is 7.76. The van der Waals surface area contributed by atoms with Crippen LogP contribution in [0.1, 0.15) is 21.9 Å². The fourth-order valence-corrected chi connectivity index (χ4v) is 2.91. The van der Waals surface area contributed by atoms with Crippen LogP contribution in [0.4, 0.5) is 19.0 Å². The van der Waals surface area contributed by atoms with Crippen molar-refractivity contribution in [1.29, 1.82) is 0 Å². The van der Waals surface area contributed by atoms with Gasteiger partial charge in [0.05, 0.1) is 7.11 Å². The van der Waals surface area contributed by atoms with E-state index >= 15 is 0 Å². The van der Waals surface area contributed by atoms with Crippen molar-refractivity contribution in [3.8, 4) is 5.75 Å². The summed E-state index contributed by atoms with van der Waals surface area (Å²) in [4.78, 5) is 23.6. The van der Waals surface area contributed by atoms with Crippen molar-refractivity contribution in [2.75, 3.05) is 38.2 Å². The molecule has 0 radical (unpaired) electrons. The van der Waals surface area contributed by atoms with Crippen molar-refractivity contribution < 1.29 is 22.7 Å². The molecule has 1 aliphatic rings. The number of aromatic nitrogens is 2. The maximum absolute atomic E-state index is 13.0. The van der Waals surface area contributed by atoms with Crippen molar-refractivity contribution in [2.24, 2.45) is 0 Å². The molecule has 0 aliphatic carbocycles. The molecule has 2 heterocycles. The van der Waals surface area contributed by atoms with E-state index in [-0.39, 0.29) is 17.5 Å². The summed E-state index contributed by atoms with van der Waals surface area (Å²) in [5.41, 5.74) is -0.414. The van der Waals surface area contributed by atoms with Gasteiger partial charge in [-0.15, -0.1) is 0 Å². The molecule has 1 saturated heterocycles. The highest BCUT2D eigenvalue weighted by molar-refractivity contribution is 5.94. The molecule has 2 aromatic rings. The van der Waals surface area contributed by atoms with Gasteiger partial charge in [0.1, 0.15) is 23.1 Å². The van der Waals surface area contributed by atoms with Crippen LogP contribution in [-0.4, -0.2) is 54.1 Å². The maximum atomic E-state index is 13.0. The van der Waals surface area contributed by atoms with Crippen molar-refractivity contribution in [3.05, 3.63) is 47.4 Å². The van der Waals surface area contributed by atoms with Gasteiger partial charge in [-0.2, -0.15) is 13.2 Å². The Bertz CT molecular complexity index is 816. The summed E-state index contributed by atoms with van der Waals surface area (Å²) >= 11 is 0. The molecule has 0 N–H and O–H groups in total. The third-order valence-electron chi connectivity index (χ3n) is 4.34. The average molecular weight is 380 g/mol. The molecule has 1 aliphatic heterocycles. The summed E-state index contributed by atoms with van der Waals surface area (Å²) in [6.07, 6.45) is -4.52. The molecule has 1 amide bonds. The first-order valence-electron chi connectivity index (χ1n) is 8.39. The Labute approximate surface area is 154 Å². The van der Waals surface area contributed by atoms with E-state index in [0.717, 1.165) is 6.07 Å². The molecule has 0 spiro atoms. The smallest absolute Gasteiger partial charge is 0.433 e. The van der Waals surface area contributed by atoms with Crippen LogP contribution in [0.15, 0.2) is 30.3 Å². The zero-order valence-electron chi connectivity index (χ0n) is 15.0. The molecule has 3 rings (SSSR count). The molecule has 9 heteroatoms. The van der Waals surface area contributed by atoms with Crippen LogP contribution in [0.2, 0.25) is 0 Å². The van der Waals surface area contributed by atoms with E-state index in [4.69, 9.17) is 4.74 Å². The normalized spacial score (nSPS) is 15.0. The van der Waals surface area contributed by atoms with Gasteiger partial charge in [-0.1, -0.05) is 0 Å². The van der Waals surface area contributed by atoms with Gasteiger partial charge in [-0.3, -0.25) is 4.79 Å². The largest absolute Gasteiger partial charge is 0.497 e. The number of alkyl halides is 3. The summed E-state index contributed by atoms with van der Waals surface area (Å²) < 4.78 is 43.9. The number of aryl methyl sites for hydroxylation is 1. The zero-order valence-corrected chi connectivity index (χ0v) is 15.0. The second-order valence-corrected chi connectivity index (χ2v) is 6.16. The quantitative estimate of drug-likeness (QED) is 0.820. The minimum Gasteiger partial charge on any atom is -0.497 e. The molecule has 0 bridgehead atoms. The number of carbonyl (C=O) groups is 1. The number of nitrogens with zero attached hydrogens (tertiary/aromatic N) is 4. The van der Waals surface area contributed by atoms with E-state index in [9.17, 15) is 18.0 Å². The minimum atomic E-state index is -4.52. The Morgan fingerprint density at radius 3 is 2.26 bits per heavy atom. The molecule has 1 aromatic heterocycles. The number of amides is 1. The van der Waals surface area contributed by atoms with Gasteiger partial charge >= 0.3 is 6.18 Å². The Kier molecular flexibility index (Phi) is 5.20. The maximum Gasteiger partial charge on any atom is 0.433 e. The molecule has 1 fully saturated rings.